The van der Waals surface area contributed by atoms with Crippen molar-refractivity contribution in [2.75, 3.05) is 0 Å². The highest BCUT2D eigenvalue weighted by Gasteiger charge is 2.24. The van der Waals surface area contributed by atoms with E-state index >= 15 is 0 Å². The molecule has 5 aromatic rings. The van der Waals surface area contributed by atoms with Crippen molar-refractivity contribution in [3.63, 3.8) is 0 Å². The minimum Gasteiger partial charge on any atom is -0.437 e. The van der Waals surface area contributed by atoms with Gasteiger partial charge in [0.2, 0.25) is 11.4 Å². The molecule has 0 aliphatic heterocycles. The van der Waals surface area contributed by atoms with Gasteiger partial charge in [0.05, 0.1) is 0 Å². The lowest BCUT2D eigenvalue weighted by Gasteiger charge is -2.18. The van der Waals surface area contributed by atoms with Crippen LogP contribution in [0.2, 0.25) is 0 Å². The van der Waals surface area contributed by atoms with Crippen LogP contribution in [0.15, 0.2) is 51.3 Å². The number of furan rings is 2. The van der Waals surface area contributed by atoms with Crippen LogP contribution in [0.3, 0.4) is 0 Å². The van der Waals surface area contributed by atoms with Crippen LogP contribution in [-0.2, 0) is 10.8 Å². The topological polar surface area (TPSA) is 39.2 Å². The molecule has 5 rings (SSSR count). The van der Waals surface area contributed by atoms with Crippen LogP contribution in [0.4, 0.5) is 0 Å². The summed E-state index contributed by atoms with van der Waals surface area (Å²) >= 11 is 0. The lowest BCUT2D eigenvalue weighted by atomic mass is 9.86. The number of hydrogen-bond donors (Lipinski definition) is 0. The third-order valence-corrected chi connectivity index (χ3v) is 5.58. The Bertz CT molecular complexity index is 1270. The van der Waals surface area contributed by atoms with E-state index in [-0.39, 0.29) is 10.8 Å². The molecule has 3 heteroatoms. The van der Waals surface area contributed by atoms with Gasteiger partial charge in [0.25, 0.3) is 0 Å². The Morgan fingerprint density at radius 3 is 1.43 bits per heavy atom. The zero-order valence-electron chi connectivity index (χ0n) is 17.3. The minimum absolute atomic E-state index is 0.000817. The number of hydrogen-bond acceptors (Lipinski definition) is 3. The molecule has 0 radical (unpaired) electrons. The van der Waals surface area contributed by atoms with E-state index in [1.54, 1.807) is 0 Å². The average Bonchev–Trinajstić information content (AvgIpc) is 3.14. The summed E-state index contributed by atoms with van der Waals surface area (Å²) in [5.74, 6) is 0. The number of para-hydroxylation sites is 2. The molecule has 0 aliphatic rings. The summed E-state index contributed by atoms with van der Waals surface area (Å²) in [5.41, 5.74) is 5.50. The molecule has 0 N–H and O–H groups in total. The molecule has 3 nitrogen and oxygen atoms in total. The Balaban J connectivity index is 1.89. The number of benzene rings is 2. The molecule has 0 unspecified atom stereocenters. The smallest absolute Gasteiger partial charge is 0.230 e. The number of fused-ring (bicyclic) bond motifs is 6. The van der Waals surface area contributed by atoms with Crippen molar-refractivity contribution in [3.05, 3.63) is 53.6 Å². The first-order valence-electron chi connectivity index (χ1n) is 9.83. The molecule has 0 saturated carbocycles. The molecule has 2 aromatic carbocycles. The highest BCUT2D eigenvalue weighted by atomic mass is 16.4. The van der Waals surface area contributed by atoms with Gasteiger partial charge in [-0.25, -0.2) is 0 Å². The first-order valence-corrected chi connectivity index (χ1v) is 9.83. The fourth-order valence-electron chi connectivity index (χ4n) is 4.11. The van der Waals surface area contributed by atoms with E-state index < -0.39 is 0 Å². The Kier molecular flexibility index (Phi) is 3.32. The minimum atomic E-state index is 0.000817. The van der Waals surface area contributed by atoms with Crippen molar-refractivity contribution in [1.29, 1.82) is 0 Å². The third kappa shape index (κ3) is 2.39. The lowest BCUT2D eigenvalue weighted by molar-refractivity contribution is 0.565. The van der Waals surface area contributed by atoms with Crippen molar-refractivity contribution < 1.29 is 8.83 Å². The summed E-state index contributed by atoms with van der Waals surface area (Å²) in [7, 11) is 0. The van der Waals surface area contributed by atoms with Gasteiger partial charge < -0.3 is 8.83 Å². The fourth-order valence-corrected chi connectivity index (χ4v) is 4.11. The highest BCUT2D eigenvalue weighted by Crippen LogP contribution is 2.40. The summed E-state index contributed by atoms with van der Waals surface area (Å²) in [4.78, 5) is 4.77. The maximum Gasteiger partial charge on any atom is 0.230 e. The SMILES string of the molecule is CC(C)(C)c1cccc2c1oc1nc3oc4c(C(C)(C)C)cccc4c3cc12. The van der Waals surface area contributed by atoms with E-state index in [2.05, 4.69) is 84.0 Å². The summed E-state index contributed by atoms with van der Waals surface area (Å²) in [6.45, 7) is 13.2. The third-order valence-electron chi connectivity index (χ3n) is 5.58. The maximum absolute atomic E-state index is 6.24. The van der Waals surface area contributed by atoms with Crippen LogP contribution in [0, 0.1) is 0 Å². The first kappa shape index (κ1) is 17.3. The predicted molar refractivity (Wildman–Crippen MR) is 116 cm³/mol. The lowest BCUT2D eigenvalue weighted by Crippen LogP contribution is -2.10. The van der Waals surface area contributed by atoms with Crippen LogP contribution in [0.5, 0.6) is 0 Å². The van der Waals surface area contributed by atoms with Crippen LogP contribution < -0.4 is 0 Å². The van der Waals surface area contributed by atoms with Crippen molar-refractivity contribution in [2.24, 2.45) is 0 Å². The number of pyridine rings is 1. The molecule has 28 heavy (non-hydrogen) atoms. The molecule has 0 spiro atoms. The maximum atomic E-state index is 6.24. The summed E-state index contributed by atoms with van der Waals surface area (Å²) < 4.78 is 12.5. The Labute approximate surface area is 164 Å². The molecule has 0 amide bonds. The van der Waals surface area contributed by atoms with Crippen LogP contribution in [0.25, 0.3) is 44.1 Å². The zero-order valence-corrected chi connectivity index (χ0v) is 17.3. The van der Waals surface area contributed by atoms with Crippen LogP contribution in [0.1, 0.15) is 52.7 Å². The molecule has 0 atom stereocenters. The van der Waals surface area contributed by atoms with Gasteiger partial charge in [0.15, 0.2) is 0 Å². The van der Waals surface area contributed by atoms with Crippen LogP contribution >= 0.6 is 0 Å². The van der Waals surface area contributed by atoms with Crippen molar-refractivity contribution in [3.8, 4) is 0 Å². The van der Waals surface area contributed by atoms with Gasteiger partial charge >= 0.3 is 0 Å². The summed E-state index contributed by atoms with van der Waals surface area (Å²) in [6.07, 6.45) is 0. The number of nitrogens with zero attached hydrogens (tertiary/aromatic N) is 1. The zero-order chi connectivity index (χ0) is 19.8. The van der Waals surface area contributed by atoms with E-state index in [0.717, 1.165) is 32.7 Å². The molecule has 0 bridgehead atoms. The van der Waals surface area contributed by atoms with Gasteiger partial charge in [-0.05, 0) is 16.9 Å². The highest BCUT2D eigenvalue weighted by molar-refractivity contribution is 6.13. The second kappa shape index (κ2) is 5.38. The summed E-state index contributed by atoms with van der Waals surface area (Å²) in [5, 5.41) is 4.30. The Morgan fingerprint density at radius 2 is 1.04 bits per heavy atom. The van der Waals surface area contributed by atoms with Crippen LogP contribution in [-0.4, -0.2) is 4.98 Å². The number of rotatable bonds is 0. The van der Waals surface area contributed by atoms with Gasteiger partial charge in [0, 0.05) is 32.7 Å². The molecule has 142 valence electrons. The van der Waals surface area contributed by atoms with E-state index in [9.17, 15) is 0 Å². The quantitative estimate of drug-likeness (QED) is 0.283. The second-order valence-electron chi connectivity index (χ2n) is 9.76. The van der Waals surface area contributed by atoms with Crippen molar-refractivity contribution in [1.82, 2.24) is 4.98 Å². The van der Waals surface area contributed by atoms with Gasteiger partial charge in [-0.15, -0.1) is 0 Å². The predicted octanol–water partition coefficient (Wildman–Crippen LogP) is 7.48. The average molecular weight is 371 g/mol. The molecule has 3 aromatic heterocycles. The van der Waals surface area contributed by atoms with E-state index in [1.165, 1.54) is 11.1 Å². The van der Waals surface area contributed by atoms with Gasteiger partial charge in [-0.3, -0.25) is 0 Å². The van der Waals surface area contributed by atoms with Gasteiger partial charge in [-0.2, -0.15) is 4.98 Å². The monoisotopic (exact) mass is 371 g/mol. The molecular formula is C25H25NO2. The number of aromatic nitrogens is 1. The molecular weight excluding hydrogens is 346 g/mol. The normalized spacial score (nSPS) is 13.4. The van der Waals surface area contributed by atoms with E-state index in [0.29, 0.717) is 11.4 Å². The van der Waals surface area contributed by atoms with E-state index in [4.69, 9.17) is 13.8 Å². The second-order valence-corrected chi connectivity index (χ2v) is 9.76. The Hall–Kier alpha value is -2.81. The van der Waals surface area contributed by atoms with Gasteiger partial charge in [0.1, 0.15) is 11.2 Å². The first-order chi connectivity index (χ1) is 13.1. The summed E-state index contributed by atoms with van der Waals surface area (Å²) in [6, 6.07) is 14.9. The van der Waals surface area contributed by atoms with Crippen molar-refractivity contribution >= 4 is 44.1 Å². The fraction of sp³-hybridized carbons (Fsp3) is 0.320. The largest absolute Gasteiger partial charge is 0.437 e. The van der Waals surface area contributed by atoms with Crippen molar-refractivity contribution in [2.45, 2.75) is 52.4 Å². The molecule has 3 heterocycles. The molecule has 0 aliphatic carbocycles. The van der Waals surface area contributed by atoms with E-state index in [1.807, 2.05) is 0 Å². The van der Waals surface area contributed by atoms with Gasteiger partial charge in [-0.1, -0.05) is 77.9 Å². The Morgan fingerprint density at radius 1 is 0.607 bits per heavy atom. The molecule has 0 saturated heterocycles. The molecule has 0 fully saturated rings. The standard InChI is InChI=1S/C25H25NO2/c1-24(2,3)18-11-7-9-14-16-13-17-15-10-8-12-19(25(4,5)6)21(15)28-23(17)26-22(16)27-20(14)18/h7-13H,1-6H3.